The predicted octanol–water partition coefficient (Wildman–Crippen LogP) is 5.16. The van der Waals surface area contributed by atoms with Crippen molar-refractivity contribution in [2.75, 3.05) is 24.5 Å². The Hall–Kier alpha value is -3.66. The van der Waals surface area contributed by atoms with Crippen LogP contribution < -0.4 is 20.3 Å². The number of carboxylic acid groups (broad SMARTS) is 1. The third-order valence-electron chi connectivity index (χ3n) is 8.12. The molecule has 1 atom stereocenters. The molecule has 40 heavy (non-hydrogen) atoms. The number of likely N-dealkylation sites (tertiary alicyclic amines) is 1. The molecule has 1 saturated carbocycles. The molecule has 1 spiro atoms. The molecule has 3 aliphatic rings. The van der Waals surface area contributed by atoms with Crippen LogP contribution in [0.5, 0.6) is 5.75 Å². The molecule has 2 saturated heterocycles. The minimum Gasteiger partial charge on any atom is -0.489 e. The van der Waals surface area contributed by atoms with E-state index in [1.807, 2.05) is 31.2 Å². The van der Waals surface area contributed by atoms with Gasteiger partial charge in [0.2, 0.25) is 0 Å². The van der Waals surface area contributed by atoms with Gasteiger partial charge in [0.15, 0.2) is 0 Å². The van der Waals surface area contributed by atoms with E-state index in [9.17, 15) is 14.0 Å². The van der Waals surface area contributed by atoms with Crippen LogP contribution in [0.15, 0.2) is 53.5 Å². The standard InChI is InChI=1S/C30H38FN5O4/c1-21(19-32-29(38)39)40-26-12-5-7-22(17-26)20-35-15-13-30(14-16-35)27(33-24-9-3-2-4-10-24)34-28(37)36(30)25-11-6-8-23(31)18-25/h5-8,11-12,17-18,21,24,32H,2-4,9-10,13-16,19-20H2,1H3,(H,38,39)(H,33,34,37). The number of carbonyl (C=O) groups is 2. The van der Waals surface area contributed by atoms with Crippen molar-refractivity contribution in [2.45, 2.75) is 76.1 Å². The van der Waals surface area contributed by atoms with E-state index in [1.165, 1.54) is 18.6 Å². The summed E-state index contributed by atoms with van der Waals surface area (Å²) in [5, 5.41) is 14.2. The Morgan fingerprint density at radius 1 is 1.18 bits per heavy atom. The quantitative estimate of drug-likeness (QED) is 0.421. The van der Waals surface area contributed by atoms with Crippen LogP contribution in [-0.4, -0.2) is 65.3 Å². The lowest BCUT2D eigenvalue weighted by Gasteiger charge is -2.44. The number of ether oxygens (including phenoxy) is 1. The lowest BCUT2D eigenvalue weighted by atomic mass is 9.84. The number of benzene rings is 2. The molecule has 9 nitrogen and oxygen atoms in total. The number of hydrogen-bond donors (Lipinski definition) is 3. The highest BCUT2D eigenvalue weighted by Gasteiger charge is 2.53. The highest BCUT2D eigenvalue weighted by atomic mass is 19.1. The Bertz CT molecular complexity index is 1240. The van der Waals surface area contributed by atoms with Gasteiger partial charge in [0.25, 0.3) is 0 Å². The van der Waals surface area contributed by atoms with E-state index in [4.69, 9.17) is 14.8 Å². The molecule has 2 aromatic carbocycles. The fourth-order valence-corrected chi connectivity index (χ4v) is 6.12. The average molecular weight is 552 g/mol. The lowest BCUT2D eigenvalue weighted by molar-refractivity contribution is 0.177. The number of halogens is 1. The molecule has 3 fully saturated rings. The monoisotopic (exact) mass is 551 g/mol. The maximum absolute atomic E-state index is 14.2. The molecule has 1 unspecified atom stereocenters. The fourth-order valence-electron chi connectivity index (χ4n) is 6.12. The molecule has 0 aromatic heterocycles. The van der Waals surface area contributed by atoms with Gasteiger partial charge in [-0.25, -0.2) is 14.0 Å². The van der Waals surface area contributed by atoms with E-state index in [0.717, 1.165) is 50.2 Å². The molecule has 5 rings (SSSR count). The van der Waals surface area contributed by atoms with Gasteiger partial charge in [0.05, 0.1) is 12.6 Å². The van der Waals surface area contributed by atoms with Gasteiger partial charge in [-0.3, -0.25) is 20.1 Å². The van der Waals surface area contributed by atoms with E-state index >= 15 is 0 Å². The zero-order chi connectivity index (χ0) is 28.1. The molecule has 0 radical (unpaired) electrons. The first kappa shape index (κ1) is 27.9. The summed E-state index contributed by atoms with van der Waals surface area (Å²) in [6.45, 7) is 4.22. The topological polar surface area (TPSA) is 106 Å². The van der Waals surface area contributed by atoms with Crippen molar-refractivity contribution in [3.8, 4) is 5.75 Å². The van der Waals surface area contributed by atoms with Crippen molar-refractivity contribution in [1.82, 2.24) is 15.5 Å². The number of hydrogen-bond acceptors (Lipinski definition) is 5. The van der Waals surface area contributed by atoms with Crippen LogP contribution in [-0.2, 0) is 6.54 Å². The van der Waals surface area contributed by atoms with Crippen LogP contribution in [0.25, 0.3) is 0 Å². The largest absolute Gasteiger partial charge is 0.489 e. The van der Waals surface area contributed by atoms with Crippen molar-refractivity contribution >= 4 is 23.6 Å². The number of urea groups is 1. The zero-order valence-electron chi connectivity index (χ0n) is 22.9. The summed E-state index contributed by atoms with van der Waals surface area (Å²) >= 11 is 0. The number of nitrogens with zero attached hydrogens (tertiary/aromatic N) is 3. The van der Waals surface area contributed by atoms with Crippen LogP contribution in [0.2, 0.25) is 0 Å². The molecule has 2 heterocycles. The molecule has 0 bridgehead atoms. The first-order valence-corrected chi connectivity index (χ1v) is 14.2. The molecular weight excluding hydrogens is 513 g/mol. The highest BCUT2D eigenvalue weighted by Crippen LogP contribution is 2.39. The highest BCUT2D eigenvalue weighted by molar-refractivity contribution is 6.19. The molecular formula is C30H38FN5O4. The van der Waals surface area contributed by atoms with Gasteiger partial charge in [-0.1, -0.05) is 37.5 Å². The van der Waals surface area contributed by atoms with Crippen LogP contribution in [0.4, 0.5) is 19.7 Å². The Kier molecular flexibility index (Phi) is 8.54. The van der Waals surface area contributed by atoms with E-state index < -0.39 is 11.6 Å². The fraction of sp³-hybridized carbons (Fsp3) is 0.500. The van der Waals surface area contributed by atoms with Gasteiger partial charge in [0, 0.05) is 25.3 Å². The Labute approximate surface area is 234 Å². The van der Waals surface area contributed by atoms with Crippen molar-refractivity contribution in [3.63, 3.8) is 0 Å². The van der Waals surface area contributed by atoms with Gasteiger partial charge in [-0.2, -0.15) is 0 Å². The SMILES string of the molecule is CC(CNC(=O)O)Oc1cccc(CN2CCC3(CC2)C(=NC2CCCCC2)NC(=O)N3c2cccc(F)c2)c1. The number of nitrogens with one attached hydrogen (secondary N) is 2. The second kappa shape index (κ2) is 12.2. The van der Waals surface area contributed by atoms with Crippen LogP contribution in [0, 0.1) is 5.82 Å². The van der Waals surface area contributed by atoms with Crippen molar-refractivity contribution in [1.29, 1.82) is 0 Å². The number of piperidine rings is 1. The van der Waals surface area contributed by atoms with Crippen molar-refractivity contribution < 1.29 is 23.8 Å². The summed E-state index contributed by atoms with van der Waals surface area (Å²) in [5.74, 6) is 1.05. The average Bonchev–Trinajstić information content (AvgIpc) is 3.19. The summed E-state index contributed by atoms with van der Waals surface area (Å²) in [6.07, 6.45) is 5.59. The van der Waals surface area contributed by atoms with E-state index in [-0.39, 0.29) is 30.5 Å². The van der Waals surface area contributed by atoms with Crippen LogP contribution in [0.3, 0.4) is 0 Å². The minimum atomic E-state index is -1.07. The molecule has 2 aromatic rings. The summed E-state index contributed by atoms with van der Waals surface area (Å²) in [4.78, 5) is 33.3. The van der Waals surface area contributed by atoms with Gasteiger partial charge >= 0.3 is 12.1 Å². The number of rotatable bonds is 8. The van der Waals surface area contributed by atoms with Gasteiger partial charge in [0.1, 0.15) is 29.0 Å². The third-order valence-corrected chi connectivity index (χ3v) is 8.12. The summed E-state index contributed by atoms with van der Waals surface area (Å²) in [7, 11) is 0. The Morgan fingerprint density at radius 2 is 1.93 bits per heavy atom. The molecule has 214 valence electrons. The maximum atomic E-state index is 14.2. The van der Waals surface area contributed by atoms with E-state index in [1.54, 1.807) is 17.0 Å². The zero-order valence-corrected chi connectivity index (χ0v) is 22.9. The van der Waals surface area contributed by atoms with Crippen molar-refractivity contribution in [2.24, 2.45) is 4.99 Å². The number of amidine groups is 1. The normalized spacial score (nSPS) is 21.4. The first-order valence-electron chi connectivity index (χ1n) is 14.2. The third kappa shape index (κ3) is 6.38. The summed E-state index contributed by atoms with van der Waals surface area (Å²) in [5.41, 5.74) is 1.01. The summed E-state index contributed by atoms with van der Waals surface area (Å²) in [6, 6.07) is 14.1. The minimum absolute atomic E-state index is 0.201. The molecule has 10 heteroatoms. The van der Waals surface area contributed by atoms with Crippen molar-refractivity contribution in [3.05, 3.63) is 59.9 Å². The van der Waals surface area contributed by atoms with Crippen LogP contribution >= 0.6 is 0 Å². The van der Waals surface area contributed by atoms with Crippen LogP contribution in [0.1, 0.15) is 57.4 Å². The maximum Gasteiger partial charge on any atom is 0.404 e. The second-order valence-electron chi connectivity index (χ2n) is 11.1. The number of aliphatic imine (C=N–C) groups is 1. The summed E-state index contributed by atoms with van der Waals surface area (Å²) < 4.78 is 20.1. The number of amides is 3. The Balaban J connectivity index is 1.31. The second-order valence-corrected chi connectivity index (χ2v) is 11.1. The molecule has 3 N–H and O–H groups in total. The van der Waals surface area contributed by atoms with Gasteiger partial charge in [-0.15, -0.1) is 0 Å². The van der Waals surface area contributed by atoms with E-state index in [2.05, 4.69) is 15.5 Å². The number of carbonyl (C=O) groups excluding carboxylic acids is 1. The Morgan fingerprint density at radius 3 is 2.65 bits per heavy atom. The number of anilines is 1. The molecule has 2 aliphatic heterocycles. The molecule has 3 amide bonds. The first-order chi connectivity index (χ1) is 19.3. The predicted molar refractivity (Wildman–Crippen MR) is 152 cm³/mol. The van der Waals surface area contributed by atoms with E-state index in [0.29, 0.717) is 30.8 Å². The smallest absolute Gasteiger partial charge is 0.404 e. The molecule has 1 aliphatic carbocycles. The lowest BCUT2D eigenvalue weighted by Crippen LogP contribution is -2.57. The van der Waals surface area contributed by atoms with Gasteiger partial charge < -0.3 is 15.2 Å². The van der Waals surface area contributed by atoms with Gasteiger partial charge in [-0.05, 0) is 68.5 Å².